The Labute approximate surface area is 158 Å². The molecule has 0 radical (unpaired) electrons. The second kappa shape index (κ2) is 7.78. The number of aryl methyl sites for hydroxylation is 1. The summed E-state index contributed by atoms with van der Waals surface area (Å²) in [6, 6.07) is 19.8. The maximum atomic E-state index is 12.3. The summed E-state index contributed by atoms with van der Waals surface area (Å²) in [4.78, 5) is 15.9. The van der Waals surface area contributed by atoms with E-state index in [-0.39, 0.29) is 12.5 Å². The van der Waals surface area contributed by atoms with Gasteiger partial charge >= 0.3 is 0 Å². The van der Waals surface area contributed by atoms with Crippen molar-refractivity contribution in [3.05, 3.63) is 66.2 Å². The van der Waals surface area contributed by atoms with Crippen molar-refractivity contribution in [3.8, 4) is 28.3 Å². The fraction of sp³-hybridized carbons (Fsp3) is 0.143. The molecule has 27 heavy (non-hydrogen) atoms. The number of ether oxygens (including phenoxy) is 1. The van der Waals surface area contributed by atoms with Crippen molar-refractivity contribution in [2.24, 2.45) is 16.5 Å². The molecule has 1 heterocycles. The van der Waals surface area contributed by atoms with Gasteiger partial charge in [-0.15, -0.1) is 0 Å². The van der Waals surface area contributed by atoms with Crippen LogP contribution in [-0.2, 0) is 11.3 Å². The van der Waals surface area contributed by atoms with E-state index in [1.807, 2.05) is 66.1 Å². The van der Waals surface area contributed by atoms with Crippen molar-refractivity contribution in [1.29, 1.82) is 0 Å². The first-order valence-corrected chi connectivity index (χ1v) is 8.51. The molecule has 0 spiro atoms. The number of nitrogens with zero attached hydrogens (tertiary/aromatic N) is 2. The SMILES string of the molecule is COc1ccc(-c2ccc(-c3cccc(C)c3)n2CC(=O)N=C(N)N)cc1. The molecule has 0 unspecified atom stereocenters. The summed E-state index contributed by atoms with van der Waals surface area (Å²) >= 11 is 0. The van der Waals surface area contributed by atoms with E-state index in [1.165, 1.54) is 0 Å². The number of amides is 1. The summed E-state index contributed by atoms with van der Waals surface area (Å²) in [6.07, 6.45) is 0. The maximum absolute atomic E-state index is 12.3. The molecule has 0 bridgehead atoms. The Balaban J connectivity index is 2.10. The van der Waals surface area contributed by atoms with Crippen LogP contribution in [-0.4, -0.2) is 23.5 Å². The zero-order valence-corrected chi connectivity index (χ0v) is 15.3. The van der Waals surface area contributed by atoms with E-state index in [4.69, 9.17) is 16.2 Å². The molecule has 138 valence electrons. The zero-order chi connectivity index (χ0) is 19.4. The van der Waals surface area contributed by atoms with Gasteiger partial charge in [-0.3, -0.25) is 4.79 Å². The van der Waals surface area contributed by atoms with E-state index >= 15 is 0 Å². The highest BCUT2D eigenvalue weighted by Gasteiger charge is 2.15. The second-order valence-corrected chi connectivity index (χ2v) is 6.22. The van der Waals surface area contributed by atoms with E-state index in [2.05, 4.69) is 11.1 Å². The Morgan fingerprint density at radius 1 is 1.00 bits per heavy atom. The Bertz CT molecular complexity index is 984. The van der Waals surface area contributed by atoms with E-state index in [0.717, 1.165) is 33.8 Å². The molecule has 0 aliphatic rings. The molecule has 0 saturated carbocycles. The normalized spacial score (nSPS) is 10.4. The average molecular weight is 362 g/mol. The van der Waals surface area contributed by atoms with Gasteiger partial charge in [0.1, 0.15) is 12.3 Å². The Morgan fingerprint density at radius 2 is 1.67 bits per heavy atom. The van der Waals surface area contributed by atoms with E-state index in [0.29, 0.717) is 0 Å². The van der Waals surface area contributed by atoms with Gasteiger partial charge in [0.05, 0.1) is 7.11 Å². The highest BCUT2D eigenvalue weighted by Crippen LogP contribution is 2.30. The van der Waals surface area contributed by atoms with Gasteiger partial charge in [-0.25, -0.2) is 0 Å². The molecule has 6 nitrogen and oxygen atoms in total. The summed E-state index contributed by atoms with van der Waals surface area (Å²) in [7, 11) is 1.63. The van der Waals surface area contributed by atoms with Crippen LogP contribution in [0, 0.1) is 6.92 Å². The van der Waals surface area contributed by atoms with Gasteiger partial charge in [0.15, 0.2) is 5.96 Å². The van der Waals surface area contributed by atoms with Gasteiger partial charge in [0.2, 0.25) is 0 Å². The topological polar surface area (TPSA) is 95.6 Å². The molecule has 3 rings (SSSR count). The molecule has 0 aliphatic carbocycles. The number of carbonyl (C=O) groups excluding carboxylic acids is 1. The molecule has 0 saturated heterocycles. The number of carbonyl (C=O) groups is 1. The third kappa shape index (κ3) is 4.17. The third-order valence-electron chi connectivity index (χ3n) is 4.23. The van der Waals surface area contributed by atoms with Crippen LogP contribution in [0.1, 0.15) is 5.56 Å². The molecular weight excluding hydrogens is 340 g/mol. The molecule has 0 fully saturated rings. The second-order valence-electron chi connectivity index (χ2n) is 6.22. The van der Waals surface area contributed by atoms with Crippen molar-refractivity contribution in [2.75, 3.05) is 7.11 Å². The number of aromatic nitrogens is 1. The number of methoxy groups -OCH3 is 1. The minimum atomic E-state index is -0.408. The minimum absolute atomic E-state index is 0.0372. The lowest BCUT2D eigenvalue weighted by molar-refractivity contribution is -0.118. The lowest BCUT2D eigenvalue weighted by atomic mass is 10.1. The van der Waals surface area contributed by atoms with Crippen LogP contribution in [0.3, 0.4) is 0 Å². The maximum Gasteiger partial charge on any atom is 0.268 e. The van der Waals surface area contributed by atoms with Gasteiger partial charge in [-0.05, 0) is 60.5 Å². The predicted octanol–water partition coefficient (Wildman–Crippen LogP) is 2.94. The standard InChI is InChI=1S/C21H22N4O2/c1-14-4-3-5-16(12-14)19-11-10-18(15-6-8-17(27-2)9-7-15)25(19)13-20(26)24-21(22)23/h3-12H,13H2,1-2H3,(H4,22,23,24,26). The Hall–Kier alpha value is -3.54. The molecular formula is C21H22N4O2. The molecule has 4 N–H and O–H groups in total. The first kappa shape index (κ1) is 18.3. The van der Waals surface area contributed by atoms with Crippen molar-refractivity contribution >= 4 is 11.9 Å². The quantitative estimate of drug-likeness (QED) is 0.539. The average Bonchev–Trinajstić information content (AvgIpc) is 3.04. The minimum Gasteiger partial charge on any atom is -0.497 e. The lowest BCUT2D eigenvalue weighted by Crippen LogP contribution is -2.25. The number of hydrogen-bond acceptors (Lipinski definition) is 2. The van der Waals surface area contributed by atoms with Crippen LogP contribution < -0.4 is 16.2 Å². The zero-order valence-electron chi connectivity index (χ0n) is 15.3. The highest BCUT2D eigenvalue weighted by molar-refractivity contribution is 5.92. The molecule has 6 heteroatoms. The van der Waals surface area contributed by atoms with Crippen molar-refractivity contribution in [2.45, 2.75) is 13.5 Å². The van der Waals surface area contributed by atoms with Crippen LogP contribution in [0.15, 0.2) is 65.7 Å². The van der Waals surface area contributed by atoms with E-state index in [9.17, 15) is 4.79 Å². The predicted molar refractivity (Wildman–Crippen MR) is 107 cm³/mol. The van der Waals surface area contributed by atoms with Gasteiger partial charge in [0, 0.05) is 11.4 Å². The largest absolute Gasteiger partial charge is 0.497 e. The summed E-state index contributed by atoms with van der Waals surface area (Å²) < 4.78 is 7.15. The summed E-state index contributed by atoms with van der Waals surface area (Å²) in [5.41, 5.74) is 15.7. The van der Waals surface area contributed by atoms with Crippen LogP contribution in [0.5, 0.6) is 5.75 Å². The van der Waals surface area contributed by atoms with Crippen LogP contribution >= 0.6 is 0 Å². The van der Waals surface area contributed by atoms with Crippen molar-refractivity contribution in [3.63, 3.8) is 0 Å². The Morgan fingerprint density at radius 3 is 2.26 bits per heavy atom. The first-order valence-electron chi connectivity index (χ1n) is 8.51. The smallest absolute Gasteiger partial charge is 0.268 e. The molecule has 0 atom stereocenters. The molecule has 0 aliphatic heterocycles. The van der Waals surface area contributed by atoms with Crippen molar-refractivity contribution in [1.82, 2.24) is 4.57 Å². The van der Waals surface area contributed by atoms with E-state index in [1.54, 1.807) is 7.11 Å². The summed E-state index contributed by atoms with van der Waals surface area (Å²) in [5, 5.41) is 0. The molecule has 1 aromatic heterocycles. The number of rotatable bonds is 5. The van der Waals surface area contributed by atoms with Gasteiger partial charge in [0.25, 0.3) is 5.91 Å². The van der Waals surface area contributed by atoms with Crippen molar-refractivity contribution < 1.29 is 9.53 Å². The van der Waals surface area contributed by atoms with Gasteiger partial charge in [-0.2, -0.15) is 4.99 Å². The number of guanidine groups is 1. The van der Waals surface area contributed by atoms with E-state index < -0.39 is 5.91 Å². The Kier molecular flexibility index (Phi) is 5.26. The number of nitrogens with two attached hydrogens (primary N) is 2. The number of aliphatic imine (C=N–C) groups is 1. The highest BCUT2D eigenvalue weighted by atomic mass is 16.5. The molecule has 1 amide bonds. The third-order valence-corrected chi connectivity index (χ3v) is 4.23. The monoisotopic (exact) mass is 362 g/mol. The first-order chi connectivity index (χ1) is 13.0. The fourth-order valence-corrected chi connectivity index (χ4v) is 3.02. The molecule has 2 aromatic carbocycles. The van der Waals surface area contributed by atoms with Crippen LogP contribution in [0.4, 0.5) is 0 Å². The summed E-state index contributed by atoms with van der Waals surface area (Å²) in [6.45, 7) is 2.07. The fourth-order valence-electron chi connectivity index (χ4n) is 3.02. The van der Waals surface area contributed by atoms with Gasteiger partial charge in [-0.1, -0.05) is 23.8 Å². The number of benzene rings is 2. The van der Waals surface area contributed by atoms with Gasteiger partial charge < -0.3 is 20.8 Å². The van der Waals surface area contributed by atoms with Crippen LogP contribution in [0.2, 0.25) is 0 Å². The molecule has 3 aromatic rings. The summed E-state index contributed by atoms with van der Waals surface area (Å²) in [5.74, 6) is 0.123. The van der Waals surface area contributed by atoms with Crippen LogP contribution in [0.25, 0.3) is 22.5 Å². The lowest BCUT2D eigenvalue weighted by Gasteiger charge is -2.13. The number of hydrogen-bond donors (Lipinski definition) is 2.